The average Bonchev–Trinajstić information content (AvgIpc) is 2.25. The van der Waals surface area contributed by atoms with Gasteiger partial charge in [0.2, 0.25) is 0 Å². The molecular formula is C6H15O14P3. The van der Waals surface area contributed by atoms with Crippen molar-refractivity contribution in [2.75, 3.05) is 0 Å². The van der Waals surface area contributed by atoms with Gasteiger partial charge in [-0.1, -0.05) is 0 Å². The minimum Gasteiger partial charge on any atom is -0.390 e. The number of hydrogen-bond donors (Lipinski definition) is 8. The Balaban J connectivity index is 3.09. The molecule has 14 nitrogen and oxygen atoms in total. The lowest BCUT2D eigenvalue weighted by Gasteiger charge is -2.41. The maximum atomic E-state index is 10.9. The molecule has 0 amide bonds. The van der Waals surface area contributed by atoms with Gasteiger partial charge in [0.15, 0.2) is 0 Å². The Morgan fingerprint density at radius 2 is 1.09 bits per heavy atom. The fourth-order valence-corrected chi connectivity index (χ4v) is 3.72. The summed E-state index contributed by atoms with van der Waals surface area (Å²) in [5.41, 5.74) is 0. The number of rotatable bonds is 6. The summed E-state index contributed by atoms with van der Waals surface area (Å²) in [5, 5.41) is 19.5. The predicted octanol–water partition coefficient (Wildman–Crippen LogP) is -2.45. The van der Waals surface area contributed by atoms with Crippen LogP contribution in [0.25, 0.3) is 0 Å². The Hall–Kier alpha value is 0.250. The summed E-state index contributed by atoms with van der Waals surface area (Å²) < 4.78 is 45.0. The van der Waals surface area contributed by atoms with E-state index in [-0.39, 0.29) is 0 Å². The van der Waals surface area contributed by atoms with E-state index < -0.39 is 60.4 Å². The minimum absolute atomic E-state index is 0.808. The highest BCUT2D eigenvalue weighted by Gasteiger charge is 2.51. The van der Waals surface area contributed by atoms with Gasteiger partial charge in [-0.05, 0) is 0 Å². The van der Waals surface area contributed by atoms with Gasteiger partial charge < -0.3 is 39.6 Å². The SMILES string of the molecule is O=P(O)(O)O[C@@H]1[C@@H](O)[C@H](OP(=O)(O)O)[C@H](O)C[C@H]1OP(=O)(O)O. The molecule has 0 heterocycles. The summed E-state index contributed by atoms with van der Waals surface area (Å²) in [6, 6.07) is 0. The number of hydrogen-bond acceptors (Lipinski definition) is 8. The molecule has 0 aromatic carbocycles. The van der Waals surface area contributed by atoms with Gasteiger partial charge in [-0.15, -0.1) is 0 Å². The third-order valence-corrected chi connectivity index (χ3v) is 4.26. The minimum atomic E-state index is -5.30. The third-order valence-electron chi connectivity index (χ3n) is 2.68. The number of phosphoric acid groups is 3. The number of phosphoric ester groups is 3. The van der Waals surface area contributed by atoms with Crippen molar-refractivity contribution in [3.05, 3.63) is 0 Å². The highest BCUT2D eigenvalue weighted by molar-refractivity contribution is 7.46. The van der Waals surface area contributed by atoms with Crippen molar-refractivity contribution in [2.45, 2.75) is 36.9 Å². The van der Waals surface area contributed by atoms with Gasteiger partial charge in [0, 0.05) is 6.42 Å². The van der Waals surface area contributed by atoms with Gasteiger partial charge in [-0.2, -0.15) is 0 Å². The van der Waals surface area contributed by atoms with Crippen LogP contribution >= 0.6 is 23.5 Å². The predicted molar refractivity (Wildman–Crippen MR) is 67.4 cm³/mol. The first-order valence-electron chi connectivity index (χ1n) is 5.67. The molecule has 1 rings (SSSR count). The van der Waals surface area contributed by atoms with E-state index in [0.717, 1.165) is 0 Å². The first-order chi connectivity index (χ1) is 10.1. The molecule has 0 spiro atoms. The summed E-state index contributed by atoms with van der Waals surface area (Å²) in [7, 11) is -15.7. The summed E-state index contributed by atoms with van der Waals surface area (Å²) in [6.07, 6.45) is -11.1. The van der Waals surface area contributed by atoms with Crippen LogP contribution in [0.1, 0.15) is 6.42 Å². The molecule has 1 saturated carbocycles. The quantitative estimate of drug-likeness (QED) is 0.214. The fraction of sp³-hybridized carbons (Fsp3) is 1.00. The van der Waals surface area contributed by atoms with Crippen LogP contribution in [0.5, 0.6) is 0 Å². The van der Waals surface area contributed by atoms with Crippen LogP contribution in [0.3, 0.4) is 0 Å². The summed E-state index contributed by atoms with van der Waals surface area (Å²) in [4.78, 5) is 52.4. The lowest BCUT2D eigenvalue weighted by molar-refractivity contribution is -0.165. The fourth-order valence-electron chi connectivity index (χ4n) is 2.00. The molecule has 1 aliphatic rings. The van der Waals surface area contributed by atoms with Crippen LogP contribution < -0.4 is 0 Å². The van der Waals surface area contributed by atoms with Crippen LogP contribution in [0.4, 0.5) is 0 Å². The summed E-state index contributed by atoms with van der Waals surface area (Å²) in [6.45, 7) is 0. The van der Waals surface area contributed by atoms with Crippen LogP contribution in [0.2, 0.25) is 0 Å². The van der Waals surface area contributed by atoms with E-state index in [1.165, 1.54) is 0 Å². The van der Waals surface area contributed by atoms with Crippen LogP contribution in [0.15, 0.2) is 0 Å². The summed E-state index contributed by atoms with van der Waals surface area (Å²) in [5.74, 6) is 0. The first kappa shape index (κ1) is 21.3. The normalized spacial score (nSPS) is 33.7. The summed E-state index contributed by atoms with van der Waals surface area (Å²) >= 11 is 0. The van der Waals surface area contributed by atoms with Crippen molar-refractivity contribution in [1.82, 2.24) is 0 Å². The Morgan fingerprint density at radius 1 is 0.696 bits per heavy atom. The molecule has 1 aliphatic carbocycles. The van der Waals surface area contributed by atoms with Crippen LogP contribution in [-0.2, 0) is 27.3 Å². The van der Waals surface area contributed by atoms with E-state index >= 15 is 0 Å². The topological polar surface area (TPSA) is 241 Å². The van der Waals surface area contributed by atoms with Crippen molar-refractivity contribution in [3.8, 4) is 0 Å². The van der Waals surface area contributed by atoms with E-state index in [2.05, 4.69) is 13.6 Å². The van der Waals surface area contributed by atoms with Crippen molar-refractivity contribution in [3.63, 3.8) is 0 Å². The molecule has 8 N–H and O–H groups in total. The van der Waals surface area contributed by atoms with Gasteiger partial charge >= 0.3 is 23.5 Å². The second-order valence-electron chi connectivity index (χ2n) is 4.55. The Kier molecular flexibility index (Phi) is 6.70. The van der Waals surface area contributed by atoms with Gasteiger partial charge in [-0.3, -0.25) is 13.6 Å². The van der Waals surface area contributed by atoms with Crippen molar-refractivity contribution >= 4 is 23.5 Å². The monoisotopic (exact) mass is 404 g/mol. The van der Waals surface area contributed by atoms with Gasteiger partial charge in [0.1, 0.15) is 24.4 Å². The first-order valence-corrected chi connectivity index (χ1v) is 10.3. The zero-order valence-electron chi connectivity index (χ0n) is 11.0. The van der Waals surface area contributed by atoms with Crippen molar-refractivity contribution < 1.29 is 66.8 Å². The molecule has 0 aromatic rings. The standard InChI is InChI=1S/C6H15O14P3/c7-2-1-3(18-21(9,10)11)6(20-23(15,16)17)4(8)5(2)19-22(12,13)14/h2-8H,1H2,(H2,9,10,11)(H2,12,13,14)(H2,15,16,17)/t2-,3-,4+,5-,6+/m1/s1. The Labute approximate surface area is 128 Å². The second-order valence-corrected chi connectivity index (χ2v) is 8.13. The zero-order valence-corrected chi connectivity index (χ0v) is 13.6. The number of aliphatic hydroxyl groups excluding tert-OH is 2. The van der Waals surface area contributed by atoms with Crippen molar-refractivity contribution in [1.29, 1.82) is 0 Å². The maximum absolute atomic E-state index is 10.9. The molecule has 0 radical (unpaired) electrons. The van der Waals surface area contributed by atoms with Gasteiger partial charge in [0.25, 0.3) is 0 Å². The molecular weight excluding hydrogens is 389 g/mol. The van der Waals surface area contributed by atoms with E-state index in [0.29, 0.717) is 0 Å². The largest absolute Gasteiger partial charge is 0.470 e. The zero-order chi connectivity index (χ0) is 18.2. The van der Waals surface area contributed by atoms with Crippen LogP contribution in [0, 0.1) is 0 Å². The Morgan fingerprint density at radius 3 is 1.48 bits per heavy atom. The van der Waals surface area contributed by atoms with E-state index in [1.807, 2.05) is 0 Å². The second kappa shape index (κ2) is 7.24. The molecule has 0 saturated heterocycles. The average molecular weight is 404 g/mol. The molecule has 23 heavy (non-hydrogen) atoms. The highest BCUT2D eigenvalue weighted by Crippen LogP contribution is 2.49. The van der Waals surface area contributed by atoms with E-state index in [4.69, 9.17) is 29.4 Å². The maximum Gasteiger partial charge on any atom is 0.470 e. The lowest BCUT2D eigenvalue weighted by atomic mass is 9.87. The third kappa shape index (κ3) is 7.34. The Bertz CT molecular complexity index is 545. The molecule has 138 valence electrons. The van der Waals surface area contributed by atoms with Gasteiger partial charge in [0.05, 0.1) is 6.10 Å². The molecule has 0 bridgehead atoms. The highest BCUT2D eigenvalue weighted by atomic mass is 31.2. The van der Waals surface area contributed by atoms with Crippen LogP contribution in [-0.4, -0.2) is 70.1 Å². The van der Waals surface area contributed by atoms with E-state index in [1.54, 1.807) is 0 Å². The molecule has 0 unspecified atom stereocenters. The molecule has 1 fully saturated rings. The molecule has 5 atom stereocenters. The number of aliphatic hydroxyl groups is 2. The van der Waals surface area contributed by atoms with E-state index in [9.17, 15) is 23.9 Å². The lowest BCUT2D eigenvalue weighted by Crippen LogP contribution is -2.57. The molecule has 0 aromatic heterocycles. The van der Waals surface area contributed by atoms with Crippen molar-refractivity contribution in [2.24, 2.45) is 0 Å². The smallest absolute Gasteiger partial charge is 0.390 e. The van der Waals surface area contributed by atoms with Gasteiger partial charge in [-0.25, -0.2) is 13.7 Å². The molecule has 0 aliphatic heterocycles. The molecule has 17 heteroatoms.